The number of anilines is 2. The van der Waals surface area contributed by atoms with E-state index in [1.165, 1.54) is 13.2 Å². The predicted molar refractivity (Wildman–Crippen MR) is 134 cm³/mol. The van der Waals surface area contributed by atoms with Crippen molar-refractivity contribution in [1.82, 2.24) is 4.98 Å². The van der Waals surface area contributed by atoms with Gasteiger partial charge in [0, 0.05) is 39.5 Å². The Balaban J connectivity index is 1.68. The number of carbonyl (C=O) groups is 2. The molecule has 34 heavy (non-hydrogen) atoms. The minimum Gasteiger partial charge on any atom is -0.466 e. The Morgan fingerprint density at radius 2 is 1.68 bits per heavy atom. The third-order valence-electron chi connectivity index (χ3n) is 6.53. The number of amides is 1. The van der Waals surface area contributed by atoms with Gasteiger partial charge in [0.2, 0.25) is 5.91 Å². The number of aromatic amines is 1. The zero-order valence-electron chi connectivity index (χ0n) is 18.3. The molecule has 3 aromatic carbocycles. The molecule has 7 heteroatoms. The lowest BCUT2D eigenvalue weighted by molar-refractivity contribution is -0.135. The van der Waals surface area contributed by atoms with Gasteiger partial charge in [-0.15, -0.1) is 11.8 Å². The molecule has 0 radical (unpaired) electrons. The van der Waals surface area contributed by atoms with E-state index in [9.17, 15) is 9.59 Å². The molecule has 4 aromatic rings. The van der Waals surface area contributed by atoms with E-state index in [4.69, 9.17) is 4.74 Å². The molecule has 168 valence electrons. The average Bonchev–Trinajstić information content (AvgIpc) is 3.42. The number of carbonyl (C=O) groups excluding carboxylic acids is 2. The van der Waals surface area contributed by atoms with Crippen LogP contribution in [-0.2, 0) is 19.7 Å². The van der Waals surface area contributed by atoms with Crippen LogP contribution in [0.15, 0.2) is 95.7 Å². The summed E-state index contributed by atoms with van der Waals surface area (Å²) in [4.78, 5) is 30.9. The maximum absolute atomic E-state index is 14.1. The van der Waals surface area contributed by atoms with E-state index in [2.05, 4.69) is 15.6 Å². The molecule has 6 rings (SSSR count). The summed E-state index contributed by atoms with van der Waals surface area (Å²) in [5.74, 6) is -0.610. The Morgan fingerprint density at radius 1 is 0.941 bits per heavy atom. The Morgan fingerprint density at radius 3 is 2.53 bits per heavy atom. The number of ether oxygens (including phenoxy) is 1. The van der Waals surface area contributed by atoms with Crippen molar-refractivity contribution >= 4 is 45.9 Å². The fourth-order valence-electron chi connectivity index (χ4n) is 5.05. The van der Waals surface area contributed by atoms with Crippen LogP contribution in [0.25, 0.3) is 10.9 Å². The number of nitrogens with one attached hydrogen (secondary N) is 3. The second-order valence-electron chi connectivity index (χ2n) is 8.30. The van der Waals surface area contributed by atoms with Crippen molar-refractivity contribution in [1.29, 1.82) is 0 Å². The van der Waals surface area contributed by atoms with Crippen molar-refractivity contribution in [2.24, 2.45) is 0 Å². The molecule has 0 fully saturated rings. The molecule has 6 nitrogen and oxygen atoms in total. The molecule has 0 saturated carbocycles. The number of H-pyrrole nitrogens is 1. The first-order valence-electron chi connectivity index (χ1n) is 10.9. The summed E-state index contributed by atoms with van der Waals surface area (Å²) >= 11 is 1.57. The molecule has 0 aliphatic carbocycles. The van der Waals surface area contributed by atoms with Crippen LogP contribution in [0.2, 0.25) is 0 Å². The summed E-state index contributed by atoms with van der Waals surface area (Å²) in [5, 5.41) is 7.05. The van der Waals surface area contributed by atoms with Gasteiger partial charge in [-0.1, -0.05) is 48.5 Å². The predicted octanol–water partition coefficient (Wildman–Crippen LogP) is 5.05. The summed E-state index contributed by atoms with van der Waals surface area (Å²) in [6.07, 6.45) is 3.38. The lowest BCUT2D eigenvalue weighted by atomic mass is 9.71. The molecule has 1 aromatic heterocycles. The number of benzene rings is 3. The van der Waals surface area contributed by atoms with E-state index in [1.807, 2.05) is 79.0 Å². The monoisotopic (exact) mass is 467 g/mol. The maximum atomic E-state index is 14.1. The van der Waals surface area contributed by atoms with Crippen molar-refractivity contribution in [3.8, 4) is 0 Å². The van der Waals surface area contributed by atoms with E-state index < -0.39 is 16.6 Å². The van der Waals surface area contributed by atoms with E-state index in [1.54, 1.807) is 11.8 Å². The molecular formula is C27H21N3O3S. The van der Waals surface area contributed by atoms with Gasteiger partial charge in [-0.25, -0.2) is 4.79 Å². The molecule has 3 heterocycles. The summed E-state index contributed by atoms with van der Waals surface area (Å²) < 4.78 is 4.97. The second kappa shape index (κ2) is 7.81. The molecule has 2 aliphatic heterocycles. The summed E-state index contributed by atoms with van der Waals surface area (Å²) in [6, 6.07) is 23.6. The highest BCUT2D eigenvalue weighted by atomic mass is 32.2. The first-order valence-corrected chi connectivity index (χ1v) is 11.8. The van der Waals surface area contributed by atoms with Crippen LogP contribution in [0, 0.1) is 0 Å². The van der Waals surface area contributed by atoms with Crippen molar-refractivity contribution in [2.75, 3.05) is 17.7 Å². The van der Waals surface area contributed by atoms with Gasteiger partial charge >= 0.3 is 5.97 Å². The number of esters is 1. The van der Waals surface area contributed by atoms with Crippen LogP contribution in [0.3, 0.4) is 0 Å². The number of para-hydroxylation sites is 3. The number of thioether (sulfide) groups is 1. The van der Waals surface area contributed by atoms with Crippen LogP contribution < -0.4 is 10.6 Å². The highest BCUT2D eigenvalue weighted by molar-refractivity contribution is 8.00. The largest absolute Gasteiger partial charge is 0.466 e. The number of methoxy groups -OCH3 is 1. The normalized spacial score (nSPS) is 22.1. The second-order valence-corrected chi connectivity index (χ2v) is 9.44. The first kappa shape index (κ1) is 20.6. The fraction of sp³-hybridized carbons (Fsp3) is 0.111. The minimum absolute atomic E-state index is 0.132. The molecule has 0 unspecified atom stereocenters. The van der Waals surface area contributed by atoms with Gasteiger partial charge in [-0.3, -0.25) is 4.79 Å². The average molecular weight is 468 g/mol. The summed E-state index contributed by atoms with van der Waals surface area (Å²) in [7, 11) is 1.35. The summed E-state index contributed by atoms with van der Waals surface area (Å²) in [6.45, 7) is 0. The van der Waals surface area contributed by atoms with E-state index in [-0.39, 0.29) is 5.91 Å². The molecule has 2 atom stereocenters. The number of hydrogen-bond donors (Lipinski definition) is 3. The highest BCUT2D eigenvalue weighted by Crippen LogP contribution is 2.56. The van der Waals surface area contributed by atoms with E-state index in [0.717, 1.165) is 38.3 Å². The molecule has 0 saturated heterocycles. The molecule has 0 spiro atoms. The van der Waals surface area contributed by atoms with Crippen molar-refractivity contribution in [3.05, 3.63) is 102 Å². The Kier molecular flexibility index (Phi) is 4.74. The van der Waals surface area contributed by atoms with Crippen molar-refractivity contribution in [2.45, 2.75) is 15.6 Å². The van der Waals surface area contributed by atoms with Gasteiger partial charge in [-0.05, 0) is 35.4 Å². The summed E-state index contributed by atoms with van der Waals surface area (Å²) in [5.41, 5.74) is 3.87. The van der Waals surface area contributed by atoms with Crippen molar-refractivity contribution in [3.63, 3.8) is 0 Å². The maximum Gasteiger partial charge on any atom is 0.332 e. The standard InChI is InChI=1S/C27H21N3O3S/c1-33-24(31)14-22-25(34-23-13-7-6-12-21(23)29-22)27(17-9-3-5-11-20(17)30-26(27)32)18-15-28-19-10-4-2-8-16(18)19/h2-15,25,28-29H,1H3,(H,30,32)/b22-14-/t25-,27-/m1/s1. The van der Waals surface area contributed by atoms with E-state index in [0.29, 0.717) is 5.70 Å². The van der Waals surface area contributed by atoms with Crippen LogP contribution in [0.4, 0.5) is 11.4 Å². The van der Waals surface area contributed by atoms with Crippen LogP contribution in [0.1, 0.15) is 11.1 Å². The van der Waals surface area contributed by atoms with Crippen molar-refractivity contribution < 1.29 is 14.3 Å². The van der Waals surface area contributed by atoms with E-state index >= 15 is 0 Å². The third-order valence-corrected chi connectivity index (χ3v) is 7.99. The highest BCUT2D eigenvalue weighted by Gasteiger charge is 2.57. The Labute approximate surface area is 200 Å². The lowest BCUT2D eigenvalue weighted by Crippen LogP contribution is -2.48. The number of aromatic nitrogens is 1. The Bertz CT molecular complexity index is 1490. The molecule has 3 N–H and O–H groups in total. The molecule has 1 amide bonds. The first-order chi connectivity index (χ1) is 16.6. The van der Waals surface area contributed by atoms with Gasteiger partial charge < -0.3 is 20.4 Å². The minimum atomic E-state index is -1.10. The van der Waals surface area contributed by atoms with Crippen LogP contribution >= 0.6 is 11.8 Å². The number of fused-ring (bicyclic) bond motifs is 3. The molecular weight excluding hydrogens is 446 g/mol. The SMILES string of the molecule is COC(=O)/C=C1\Nc2ccccc2S[C@H]1[C@@]1(c2c[nH]c3ccccc23)C(=O)Nc2ccccc21. The van der Waals surface area contributed by atoms with Crippen LogP contribution in [0.5, 0.6) is 0 Å². The topological polar surface area (TPSA) is 83.2 Å². The lowest BCUT2D eigenvalue weighted by Gasteiger charge is -2.40. The Hall–Kier alpha value is -3.97. The zero-order valence-corrected chi connectivity index (χ0v) is 19.1. The van der Waals surface area contributed by atoms with Gasteiger partial charge in [0.05, 0.1) is 18.0 Å². The van der Waals surface area contributed by atoms with Gasteiger partial charge in [0.1, 0.15) is 5.41 Å². The van der Waals surface area contributed by atoms with Gasteiger partial charge in [0.15, 0.2) is 0 Å². The fourth-order valence-corrected chi connectivity index (χ4v) is 6.50. The quantitative estimate of drug-likeness (QED) is 0.290. The van der Waals surface area contributed by atoms with Gasteiger partial charge in [0.25, 0.3) is 0 Å². The zero-order chi connectivity index (χ0) is 23.3. The molecule has 0 bridgehead atoms. The number of hydrogen-bond acceptors (Lipinski definition) is 5. The number of rotatable bonds is 3. The van der Waals surface area contributed by atoms with Gasteiger partial charge in [-0.2, -0.15) is 0 Å². The smallest absolute Gasteiger partial charge is 0.332 e. The third kappa shape index (κ3) is 2.90. The van der Waals surface area contributed by atoms with Crippen LogP contribution in [-0.4, -0.2) is 29.2 Å². The molecule has 2 aliphatic rings.